The van der Waals surface area contributed by atoms with E-state index >= 15 is 0 Å². The average molecular weight is 683 g/mol. The molecule has 250 valence electrons. The normalized spacial score (nSPS) is 11.7. The van der Waals surface area contributed by atoms with Crippen LogP contribution in [0, 0.1) is 0 Å². The van der Waals surface area contributed by atoms with Crippen molar-refractivity contribution in [3.8, 4) is 44.5 Å². The van der Waals surface area contributed by atoms with Gasteiger partial charge in [0, 0.05) is 0 Å². The van der Waals surface area contributed by atoms with Gasteiger partial charge in [-0.25, -0.2) is 0 Å². The highest BCUT2D eigenvalue weighted by Crippen LogP contribution is 2.47. The van der Waals surface area contributed by atoms with Crippen molar-refractivity contribution in [1.29, 1.82) is 0 Å². The zero-order chi connectivity index (χ0) is 35.6. The summed E-state index contributed by atoms with van der Waals surface area (Å²) in [6.07, 6.45) is 0. The van der Waals surface area contributed by atoms with Gasteiger partial charge in [0.2, 0.25) is 0 Å². The standard InChI is InChI=1S/C54H34/c1-2-16-35(17-3-1)38-18-4-9-23-43(38)53-48-28-14-12-26-46(48)52(47-27-13-15-29-49(47)53)37-32-30-36(31-33-37)50-34-51-41-21-6-5-19-39(41)40-20-7-10-24-44(40)54(51)45-25-11-8-22-42(45)50/h1-34H. The summed E-state index contributed by atoms with van der Waals surface area (Å²) in [6, 6.07) is 75.9. The van der Waals surface area contributed by atoms with Gasteiger partial charge in [-0.1, -0.05) is 200 Å². The van der Waals surface area contributed by atoms with Gasteiger partial charge in [0.05, 0.1) is 0 Å². The summed E-state index contributed by atoms with van der Waals surface area (Å²) < 4.78 is 0. The number of rotatable bonds is 4. The summed E-state index contributed by atoms with van der Waals surface area (Å²) in [5.41, 5.74) is 9.97. The van der Waals surface area contributed by atoms with Crippen molar-refractivity contribution in [3.63, 3.8) is 0 Å². The van der Waals surface area contributed by atoms with E-state index in [1.807, 2.05) is 0 Å². The smallest absolute Gasteiger partial charge is 0.00199 e. The van der Waals surface area contributed by atoms with Crippen LogP contribution in [0.25, 0.3) is 109 Å². The SMILES string of the molecule is c1ccc(-c2ccccc2-c2c3ccccc3c(-c3ccc(-c4cc5c6ccccc6c6ccccc6c5c5ccccc45)cc3)c3ccccc23)cc1. The maximum atomic E-state index is 2.44. The van der Waals surface area contributed by atoms with Gasteiger partial charge in [0.1, 0.15) is 0 Å². The molecule has 54 heavy (non-hydrogen) atoms. The molecule has 0 aliphatic carbocycles. The van der Waals surface area contributed by atoms with Crippen LogP contribution in [0.5, 0.6) is 0 Å². The number of fused-ring (bicyclic) bond motifs is 10. The molecule has 0 amide bonds. The van der Waals surface area contributed by atoms with E-state index in [2.05, 4.69) is 206 Å². The highest BCUT2D eigenvalue weighted by atomic mass is 14.2. The topological polar surface area (TPSA) is 0 Å². The van der Waals surface area contributed by atoms with Gasteiger partial charge in [-0.2, -0.15) is 0 Å². The molecule has 11 aromatic rings. The first-order valence-electron chi connectivity index (χ1n) is 18.8. The van der Waals surface area contributed by atoms with Gasteiger partial charge < -0.3 is 0 Å². The van der Waals surface area contributed by atoms with Gasteiger partial charge in [0.25, 0.3) is 0 Å². The van der Waals surface area contributed by atoms with Crippen molar-refractivity contribution in [2.45, 2.75) is 0 Å². The zero-order valence-corrected chi connectivity index (χ0v) is 29.6. The van der Waals surface area contributed by atoms with E-state index in [1.54, 1.807) is 0 Å². The summed E-state index contributed by atoms with van der Waals surface area (Å²) in [5, 5.41) is 15.4. The fraction of sp³-hybridized carbons (Fsp3) is 0. The summed E-state index contributed by atoms with van der Waals surface area (Å²) in [6.45, 7) is 0. The first-order chi connectivity index (χ1) is 26.8. The van der Waals surface area contributed by atoms with E-state index in [-0.39, 0.29) is 0 Å². The van der Waals surface area contributed by atoms with E-state index in [0.717, 1.165) is 0 Å². The molecular formula is C54H34. The van der Waals surface area contributed by atoms with Crippen LogP contribution < -0.4 is 0 Å². The summed E-state index contributed by atoms with van der Waals surface area (Å²) in [7, 11) is 0. The molecule has 0 radical (unpaired) electrons. The maximum absolute atomic E-state index is 2.44. The van der Waals surface area contributed by atoms with Crippen LogP contribution in [-0.2, 0) is 0 Å². The zero-order valence-electron chi connectivity index (χ0n) is 29.6. The van der Waals surface area contributed by atoms with E-state index in [0.29, 0.717) is 0 Å². The van der Waals surface area contributed by atoms with E-state index in [4.69, 9.17) is 0 Å². The third-order valence-electron chi connectivity index (χ3n) is 11.4. The molecule has 0 aliphatic rings. The molecule has 0 saturated carbocycles. The fourth-order valence-electron chi connectivity index (χ4n) is 9.12. The molecule has 0 N–H and O–H groups in total. The third kappa shape index (κ3) is 4.64. The number of hydrogen-bond acceptors (Lipinski definition) is 0. The van der Waals surface area contributed by atoms with Gasteiger partial charge in [-0.05, 0) is 115 Å². The van der Waals surface area contributed by atoms with Crippen LogP contribution in [0.15, 0.2) is 206 Å². The Labute approximate surface area is 314 Å². The molecule has 11 rings (SSSR count). The largest absolute Gasteiger partial charge is 0.0622 e. The fourth-order valence-corrected chi connectivity index (χ4v) is 9.12. The molecule has 0 fully saturated rings. The van der Waals surface area contributed by atoms with Crippen LogP contribution in [0.1, 0.15) is 0 Å². The molecule has 0 spiro atoms. The second kappa shape index (κ2) is 12.3. The molecule has 0 nitrogen and oxygen atoms in total. The van der Waals surface area contributed by atoms with Crippen LogP contribution in [0.2, 0.25) is 0 Å². The Hall–Kier alpha value is -7.02. The molecule has 0 saturated heterocycles. The lowest BCUT2D eigenvalue weighted by molar-refractivity contribution is 1.60. The van der Waals surface area contributed by atoms with Crippen molar-refractivity contribution < 1.29 is 0 Å². The second-order valence-corrected chi connectivity index (χ2v) is 14.3. The summed E-state index contributed by atoms with van der Waals surface area (Å²) in [4.78, 5) is 0. The number of benzene rings is 11. The Kier molecular flexibility index (Phi) is 6.97. The Bertz CT molecular complexity index is 3180. The van der Waals surface area contributed by atoms with Crippen LogP contribution in [-0.4, -0.2) is 0 Å². The molecule has 0 aliphatic heterocycles. The highest BCUT2D eigenvalue weighted by molar-refractivity contribution is 6.33. The second-order valence-electron chi connectivity index (χ2n) is 14.3. The lowest BCUT2D eigenvalue weighted by atomic mass is 9.83. The van der Waals surface area contributed by atoms with E-state index < -0.39 is 0 Å². The first kappa shape index (κ1) is 30.6. The predicted octanol–water partition coefficient (Wildman–Crippen LogP) is 15.3. The maximum Gasteiger partial charge on any atom is -0.00199 e. The molecule has 0 unspecified atom stereocenters. The highest BCUT2D eigenvalue weighted by Gasteiger charge is 2.20. The summed E-state index contributed by atoms with van der Waals surface area (Å²) >= 11 is 0. The van der Waals surface area contributed by atoms with Crippen LogP contribution in [0.4, 0.5) is 0 Å². The van der Waals surface area contributed by atoms with Gasteiger partial charge in [-0.3, -0.25) is 0 Å². The van der Waals surface area contributed by atoms with Crippen molar-refractivity contribution in [1.82, 2.24) is 0 Å². The van der Waals surface area contributed by atoms with Crippen LogP contribution in [0.3, 0.4) is 0 Å². The van der Waals surface area contributed by atoms with Gasteiger partial charge in [0.15, 0.2) is 0 Å². The average Bonchev–Trinajstić information content (AvgIpc) is 3.25. The lowest BCUT2D eigenvalue weighted by Crippen LogP contribution is -1.93. The Balaban J connectivity index is 1.14. The minimum atomic E-state index is 1.22. The van der Waals surface area contributed by atoms with Gasteiger partial charge >= 0.3 is 0 Å². The van der Waals surface area contributed by atoms with Crippen molar-refractivity contribution in [2.24, 2.45) is 0 Å². The molecule has 0 bridgehead atoms. The molecule has 0 atom stereocenters. The minimum absolute atomic E-state index is 1.22. The lowest BCUT2D eigenvalue weighted by Gasteiger charge is -2.20. The van der Waals surface area contributed by atoms with E-state index in [1.165, 1.54) is 109 Å². The number of hydrogen-bond donors (Lipinski definition) is 0. The third-order valence-corrected chi connectivity index (χ3v) is 11.4. The molecule has 0 heteroatoms. The quantitative estimate of drug-likeness (QED) is 0.128. The van der Waals surface area contributed by atoms with Crippen molar-refractivity contribution in [2.75, 3.05) is 0 Å². The van der Waals surface area contributed by atoms with Crippen molar-refractivity contribution >= 4 is 64.6 Å². The summed E-state index contributed by atoms with van der Waals surface area (Å²) in [5.74, 6) is 0. The molecule has 11 aromatic carbocycles. The molecular weight excluding hydrogens is 649 g/mol. The minimum Gasteiger partial charge on any atom is -0.0622 e. The predicted molar refractivity (Wildman–Crippen MR) is 233 cm³/mol. The molecule has 0 aromatic heterocycles. The monoisotopic (exact) mass is 682 g/mol. The van der Waals surface area contributed by atoms with Gasteiger partial charge in [-0.15, -0.1) is 0 Å². The molecule has 0 heterocycles. The van der Waals surface area contributed by atoms with Crippen molar-refractivity contribution in [3.05, 3.63) is 206 Å². The van der Waals surface area contributed by atoms with Crippen LogP contribution >= 0.6 is 0 Å². The Morgan fingerprint density at radius 3 is 1.15 bits per heavy atom. The van der Waals surface area contributed by atoms with E-state index in [9.17, 15) is 0 Å². The first-order valence-corrected chi connectivity index (χ1v) is 18.8. The Morgan fingerprint density at radius 2 is 0.556 bits per heavy atom. The Morgan fingerprint density at radius 1 is 0.185 bits per heavy atom.